The molecule has 1 atom stereocenters. The largest absolute Gasteiger partial charge is 0.494 e. The highest BCUT2D eigenvalue weighted by atomic mass is 32.1. The van der Waals surface area contributed by atoms with Gasteiger partial charge in [-0.3, -0.25) is 14.3 Å². The molecule has 7 heteroatoms. The van der Waals surface area contributed by atoms with Gasteiger partial charge in [0.25, 0.3) is 5.56 Å². The summed E-state index contributed by atoms with van der Waals surface area (Å²) in [7, 11) is 0. The van der Waals surface area contributed by atoms with Gasteiger partial charge in [-0.05, 0) is 37.2 Å². The molecule has 0 radical (unpaired) electrons. The third-order valence-electron chi connectivity index (χ3n) is 4.67. The summed E-state index contributed by atoms with van der Waals surface area (Å²) in [5.41, 5.74) is 3.11. The van der Waals surface area contributed by atoms with Gasteiger partial charge in [0.1, 0.15) is 5.56 Å². The highest BCUT2D eigenvalue weighted by Crippen LogP contribution is 2.34. The molecule has 0 spiro atoms. The van der Waals surface area contributed by atoms with E-state index in [-0.39, 0.29) is 16.2 Å². The standard InChI is InChI=1S/C17H18N4O2S/c1-2-21-16(23)12(15(22)20-17(21)24)14-13-10(7-8-18-14)9-5-3-4-6-11(9)19-13/h3-6,14,18-19,23H,2,7-8H2,1H3,(H,20,22,24)/t14-/m1/s1. The number of fused-ring (bicyclic) bond motifs is 3. The van der Waals surface area contributed by atoms with Crippen molar-refractivity contribution in [3.63, 3.8) is 0 Å². The minimum absolute atomic E-state index is 0.0738. The van der Waals surface area contributed by atoms with Crippen molar-refractivity contribution in [1.82, 2.24) is 19.9 Å². The minimum Gasteiger partial charge on any atom is -0.494 e. The van der Waals surface area contributed by atoms with Crippen molar-refractivity contribution < 1.29 is 5.11 Å². The molecule has 3 aromatic rings. The number of aromatic nitrogens is 3. The molecule has 0 bridgehead atoms. The summed E-state index contributed by atoms with van der Waals surface area (Å²) in [5, 5.41) is 15.1. The first-order valence-electron chi connectivity index (χ1n) is 8.00. The molecule has 4 rings (SSSR count). The summed E-state index contributed by atoms with van der Waals surface area (Å²) in [5.74, 6) is -0.0738. The fourth-order valence-electron chi connectivity index (χ4n) is 3.56. The highest BCUT2D eigenvalue weighted by Gasteiger charge is 2.30. The number of hydrogen-bond acceptors (Lipinski definition) is 4. The molecule has 3 heterocycles. The predicted molar refractivity (Wildman–Crippen MR) is 95.1 cm³/mol. The number of aromatic hydroxyl groups is 1. The molecular formula is C17H18N4O2S. The SMILES string of the molecule is CCn1c(O)c([C@H]2NCCc3c2[nH]c2ccccc32)c(=O)[nH]c1=S. The summed E-state index contributed by atoms with van der Waals surface area (Å²) in [6.07, 6.45) is 0.876. The average Bonchev–Trinajstić information content (AvgIpc) is 2.94. The average molecular weight is 342 g/mol. The van der Waals surface area contributed by atoms with Gasteiger partial charge in [-0.15, -0.1) is 0 Å². The summed E-state index contributed by atoms with van der Waals surface area (Å²) in [6, 6.07) is 7.70. The molecule has 2 aromatic heterocycles. The summed E-state index contributed by atoms with van der Waals surface area (Å²) in [6.45, 7) is 3.10. The van der Waals surface area contributed by atoms with Crippen molar-refractivity contribution >= 4 is 23.1 Å². The van der Waals surface area contributed by atoms with E-state index in [1.54, 1.807) is 0 Å². The van der Waals surface area contributed by atoms with Gasteiger partial charge in [-0.1, -0.05) is 18.2 Å². The van der Waals surface area contributed by atoms with E-state index in [0.29, 0.717) is 12.1 Å². The monoisotopic (exact) mass is 342 g/mol. The molecule has 6 nitrogen and oxygen atoms in total. The van der Waals surface area contributed by atoms with Gasteiger partial charge < -0.3 is 15.4 Å². The molecule has 0 fully saturated rings. The fourth-order valence-corrected chi connectivity index (χ4v) is 3.86. The second-order valence-corrected chi connectivity index (χ2v) is 6.33. The summed E-state index contributed by atoms with van der Waals surface area (Å²) < 4.78 is 1.77. The zero-order chi connectivity index (χ0) is 16.8. The summed E-state index contributed by atoms with van der Waals surface area (Å²) in [4.78, 5) is 18.6. The molecule has 1 aliphatic heterocycles. The first-order valence-corrected chi connectivity index (χ1v) is 8.41. The van der Waals surface area contributed by atoms with E-state index in [1.165, 1.54) is 10.1 Å². The second kappa shape index (κ2) is 5.61. The van der Waals surface area contributed by atoms with Crippen molar-refractivity contribution in [3.8, 4) is 5.88 Å². The number of hydrogen-bond donors (Lipinski definition) is 4. The van der Waals surface area contributed by atoms with Crippen LogP contribution in [0.4, 0.5) is 0 Å². The van der Waals surface area contributed by atoms with Gasteiger partial charge in [0.05, 0.1) is 6.04 Å². The number of nitrogens with zero attached hydrogens (tertiary/aromatic N) is 1. The number of para-hydroxylation sites is 1. The molecule has 0 amide bonds. The molecule has 0 unspecified atom stereocenters. The van der Waals surface area contributed by atoms with Crippen LogP contribution in [0.5, 0.6) is 5.88 Å². The van der Waals surface area contributed by atoms with Gasteiger partial charge in [-0.2, -0.15) is 0 Å². The Morgan fingerprint density at radius 3 is 2.92 bits per heavy atom. The van der Waals surface area contributed by atoms with Crippen LogP contribution in [0.15, 0.2) is 29.1 Å². The molecular weight excluding hydrogens is 324 g/mol. The van der Waals surface area contributed by atoms with Crippen LogP contribution in [-0.4, -0.2) is 26.2 Å². The van der Waals surface area contributed by atoms with Crippen molar-refractivity contribution in [2.24, 2.45) is 0 Å². The lowest BCUT2D eigenvalue weighted by Crippen LogP contribution is -2.35. The molecule has 1 aliphatic rings. The van der Waals surface area contributed by atoms with E-state index in [0.717, 1.165) is 29.6 Å². The Balaban J connectivity index is 1.98. The van der Waals surface area contributed by atoms with E-state index >= 15 is 0 Å². The maximum Gasteiger partial charge on any atom is 0.260 e. The third-order valence-corrected chi connectivity index (χ3v) is 4.99. The fraction of sp³-hybridized carbons (Fsp3) is 0.294. The quantitative estimate of drug-likeness (QED) is 0.539. The smallest absolute Gasteiger partial charge is 0.260 e. The second-order valence-electron chi connectivity index (χ2n) is 5.94. The molecule has 0 saturated carbocycles. The van der Waals surface area contributed by atoms with Crippen LogP contribution >= 0.6 is 12.2 Å². The number of aromatic amines is 2. The lowest BCUT2D eigenvalue weighted by Gasteiger charge is -2.25. The zero-order valence-electron chi connectivity index (χ0n) is 13.2. The number of H-pyrrole nitrogens is 2. The summed E-state index contributed by atoms with van der Waals surface area (Å²) >= 11 is 5.14. The van der Waals surface area contributed by atoms with Gasteiger partial charge in [0.15, 0.2) is 4.77 Å². The first kappa shape index (κ1) is 15.2. The van der Waals surface area contributed by atoms with Crippen LogP contribution in [-0.2, 0) is 13.0 Å². The van der Waals surface area contributed by atoms with Crippen LogP contribution in [0.25, 0.3) is 10.9 Å². The lowest BCUT2D eigenvalue weighted by atomic mass is 9.95. The van der Waals surface area contributed by atoms with Gasteiger partial charge in [0.2, 0.25) is 5.88 Å². The van der Waals surface area contributed by atoms with Crippen LogP contribution in [0, 0.1) is 4.77 Å². The number of nitrogens with one attached hydrogen (secondary N) is 3. The maximum atomic E-state index is 12.5. The molecule has 24 heavy (non-hydrogen) atoms. The van der Waals surface area contributed by atoms with E-state index in [9.17, 15) is 9.90 Å². The third kappa shape index (κ3) is 2.12. The Kier molecular flexibility index (Phi) is 3.54. The Labute approximate surface area is 143 Å². The van der Waals surface area contributed by atoms with Gasteiger partial charge in [-0.25, -0.2) is 0 Å². The molecule has 0 aliphatic carbocycles. The predicted octanol–water partition coefficient (Wildman–Crippen LogP) is 2.35. The van der Waals surface area contributed by atoms with Gasteiger partial charge >= 0.3 is 0 Å². The zero-order valence-corrected chi connectivity index (χ0v) is 14.0. The Morgan fingerprint density at radius 2 is 2.12 bits per heavy atom. The molecule has 0 saturated heterocycles. The lowest BCUT2D eigenvalue weighted by molar-refractivity contribution is 0.390. The molecule has 1 aromatic carbocycles. The van der Waals surface area contributed by atoms with E-state index < -0.39 is 6.04 Å². The van der Waals surface area contributed by atoms with Crippen LogP contribution < -0.4 is 10.9 Å². The number of rotatable bonds is 2. The first-order chi connectivity index (χ1) is 11.6. The van der Waals surface area contributed by atoms with Crippen LogP contribution in [0.2, 0.25) is 0 Å². The highest BCUT2D eigenvalue weighted by molar-refractivity contribution is 7.71. The Morgan fingerprint density at radius 1 is 1.33 bits per heavy atom. The minimum atomic E-state index is -0.390. The Hall–Kier alpha value is -2.38. The molecule has 4 N–H and O–H groups in total. The number of benzene rings is 1. The van der Waals surface area contributed by atoms with Crippen molar-refractivity contribution in [3.05, 3.63) is 56.2 Å². The van der Waals surface area contributed by atoms with Crippen molar-refractivity contribution in [2.45, 2.75) is 25.9 Å². The van der Waals surface area contributed by atoms with Crippen molar-refractivity contribution in [2.75, 3.05) is 6.54 Å². The van der Waals surface area contributed by atoms with Crippen LogP contribution in [0.3, 0.4) is 0 Å². The molecule has 124 valence electrons. The Bertz CT molecular complexity index is 1050. The maximum absolute atomic E-state index is 12.5. The van der Waals surface area contributed by atoms with E-state index in [1.807, 2.05) is 25.1 Å². The van der Waals surface area contributed by atoms with E-state index in [4.69, 9.17) is 12.2 Å². The topological polar surface area (TPSA) is 85.8 Å². The normalized spacial score (nSPS) is 17.1. The van der Waals surface area contributed by atoms with E-state index in [2.05, 4.69) is 21.4 Å². The van der Waals surface area contributed by atoms with Gasteiger partial charge in [0, 0.05) is 29.7 Å². The van der Waals surface area contributed by atoms with Crippen LogP contribution in [0.1, 0.15) is 29.8 Å². The van der Waals surface area contributed by atoms with Crippen molar-refractivity contribution in [1.29, 1.82) is 0 Å².